The van der Waals surface area contributed by atoms with E-state index in [1.54, 1.807) is 6.92 Å². The number of hydrogen-bond donors (Lipinski definition) is 0. The van der Waals surface area contributed by atoms with E-state index in [0.29, 0.717) is 6.42 Å². The van der Waals surface area contributed by atoms with Crippen molar-refractivity contribution in [3.05, 3.63) is 0 Å². The molecule has 0 radical (unpaired) electrons. The van der Waals surface area contributed by atoms with Gasteiger partial charge in [-0.3, -0.25) is 0 Å². The Balaban J connectivity index is 3.08. The molecule has 0 spiro atoms. The van der Waals surface area contributed by atoms with Crippen LogP contribution in [-0.2, 0) is 4.74 Å². The Hall–Kier alpha value is 0.550. The molecular weight excluding hydrogens is 294 g/mol. The van der Waals surface area contributed by atoms with E-state index in [1.807, 2.05) is 0 Å². The lowest BCUT2D eigenvalue weighted by atomic mass is 10.0. The van der Waals surface area contributed by atoms with Crippen LogP contribution in [0.5, 0.6) is 0 Å². The normalized spacial score (nSPS) is 35.2. The van der Waals surface area contributed by atoms with E-state index in [9.17, 15) is 17.6 Å². The van der Waals surface area contributed by atoms with Crippen molar-refractivity contribution in [3.63, 3.8) is 0 Å². The van der Waals surface area contributed by atoms with Gasteiger partial charge in [-0.2, -0.15) is 17.6 Å². The second kappa shape index (κ2) is 4.04. The summed E-state index contributed by atoms with van der Waals surface area (Å²) in [7, 11) is 0. The van der Waals surface area contributed by atoms with E-state index in [4.69, 9.17) is 34.8 Å². The van der Waals surface area contributed by atoms with Gasteiger partial charge in [0.05, 0.1) is 0 Å². The van der Waals surface area contributed by atoms with Gasteiger partial charge in [-0.25, -0.2) is 0 Å². The second-order valence-electron chi connectivity index (χ2n) is 3.60. The molecule has 1 heterocycles. The molecule has 0 bridgehead atoms. The van der Waals surface area contributed by atoms with Crippen LogP contribution in [0.2, 0.25) is 0 Å². The number of halogens is 7. The Labute approximate surface area is 105 Å². The third kappa shape index (κ3) is 1.80. The topological polar surface area (TPSA) is 9.23 Å². The van der Waals surface area contributed by atoms with Crippen LogP contribution in [0.4, 0.5) is 17.6 Å². The maximum Gasteiger partial charge on any atom is 0.370 e. The summed E-state index contributed by atoms with van der Waals surface area (Å²) >= 11 is 15.5. The average molecular weight is 304 g/mol. The van der Waals surface area contributed by atoms with Crippen molar-refractivity contribution in [2.24, 2.45) is 0 Å². The molecule has 1 fully saturated rings. The number of ether oxygens (including phenoxy) is 1. The fourth-order valence-electron chi connectivity index (χ4n) is 1.36. The lowest BCUT2D eigenvalue weighted by molar-refractivity contribution is -0.203. The van der Waals surface area contributed by atoms with Crippen LogP contribution < -0.4 is 0 Å². The second-order valence-corrected chi connectivity index (χ2v) is 5.47. The summed E-state index contributed by atoms with van der Waals surface area (Å²) in [4.78, 5) is 0. The van der Waals surface area contributed by atoms with E-state index in [2.05, 4.69) is 4.74 Å². The molecule has 1 unspecified atom stereocenters. The first-order valence-corrected chi connectivity index (χ1v) is 5.68. The maximum absolute atomic E-state index is 13.4. The summed E-state index contributed by atoms with van der Waals surface area (Å²) in [5.74, 6) is -9.36. The van der Waals surface area contributed by atoms with Gasteiger partial charge >= 0.3 is 11.8 Å². The zero-order valence-corrected chi connectivity index (χ0v) is 10.4. The van der Waals surface area contributed by atoms with Gasteiger partial charge in [0.1, 0.15) is 0 Å². The molecule has 8 heteroatoms. The minimum atomic E-state index is -4.74. The Kier molecular flexibility index (Phi) is 3.69. The predicted octanol–water partition coefficient (Wildman–Crippen LogP) is 4.54. The van der Waals surface area contributed by atoms with E-state index >= 15 is 0 Å². The highest BCUT2D eigenvalue weighted by Crippen LogP contribution is 2.64. The lowest BCUT2D eigenvalue weighted by Crippen LogP contribution is -2.51. The molecule has 1 atom stereocenters. The van der Waals surface area contributed by atoms with E-state index in [0.717, 1.165) is 0 Å². The highest BCUT2D eigenvalue weighted by Gasteiger charge is 2.84. The molecule has 0 saturated carbocycles. The van der Waals surface area contributed by atoms with Gasteiger partial charge in [-0.05, 0) is 12.8 Å². The van der Waals surface area contributed by atoms with Crippen molar-refractivity contribution in [3.8, 4) is 0 Å². The van der Waals surface area contributed by atoms with Crippen LogP contribution in [0.25, 0.3) is 0 Å². The van der Waals surface area contributed by atoms with Crippen LogP contribution in [0.15, 0.2) is 0 Å². The minimum Gasteiger partial charge on any atom is -0.313 e. The number of alkyl halides is 7. The summed E-state index contributed by atoms with van der Waals surface area (Å²) in [6.07, 6.45) is 0.227. The van der Waals surface area contributed by atoms with Gasteiger partial charge < -0.3 is 4.74 Å². The number of hydrogen-bond acceptors (Lipinski definition) is 1. The molecule has 0 N–H and O–H groups in total. The van der Waals surface area contributed by atoms with Crippen molar-refractivity contribution in [2.45, 2.75) is 47.6 Å². The zero-order chi connectivity index (χ0) is 12.8. The lowest BCUT2D eigenvalue weighted by Gasteiger charge is -2.28. The van der Waals surface area contributed by atoms with Gasteiger partial charge in [-0.15, -0.1) is 0 Å². The molecule has 0 aliphatic carbocycles. The average Bonchev–Trinajstić information content (AvgIpc) is 2.20. The fourth-order valence-corrected chi connectivity index (χ4v) is 2.31. The fraction of sp³-hybridized carbons (Fsp3) is 1.00. The van der Waals surface area contributed by atoms with Crippen molar-refractivity contribution in [1.82, 2.24) is 0 Å². The quantitative estimate of drug-likeness (QED) is 0.549. The molecule has 1 aliphatic rings. The van der Waals surface area contributed by atoms with Gasteiger partial charge in [0.15, 0.2) is 0 Å². The third-order valence-corrected chi connectivity index (χ3v) is 3.50. The van der Waals surface area contributed by atoms with Crippen LogP contribution in [0, 0.1) is 0 Å². The molecule has 0 aromatic carbocycles. The van der Waals surface area contributed by atoms with E-state index in [-0.39, 0.29) is 6.42 Å². The first-order valence-electron chi connectivity index (χ1n) is 4.54. The molecule has 96 valence electrons. The van der Waals surface area contributed by atoms with Gasteiger partial charge in [0.25, 0.3) is 4.52 Å². The number of rotatable bonds is 3. The Bertz CT molecular complexity index is 284. The van der Waals surface area contributed by atoms with Crippen LogP contribution >= 0.6 is 34.8 Å². The standard InChI is InChI=1S/C8H9Cl3F4O/c1-2-3-4-5(9)6(12,13)7(14,15)8(10,11)16-5/h2-4H2,1H3. The molecule has 0 aromatic heterocycles. The third-order valence-electron chi connectivity index (χ3n) is 2.37. The molecule has 1 saturated heterocycles. The molecule has 1 rings (SSSR count). The van der Waals surface area contributed by atoms with Crippen molar-refractivity contribution >= 4 is 34.8 Å². The smallest absolute Gasteiger partial charge is 0.313 e. The zero-order valence-electron chi connectivity index (χ0n) is 8.18. The molecule has 0 aromatic rings. The Morgan fingerprint density at radius 3 is 1.81 bits per heavy atom. The van der Waals surface area contributed by atoms with E-state index in [1.165, 1.54) is 0 Å². The van der Waals surface area contributed by atoms with Crippen LogP contribution in [0.1, 0.15) is 26.2 Å². The van der Waals surface area contributed by atoms with Crippen molar-refractivity contribution in [2.75, 3.05) is 0 Å². The maximum atomic E-state index is 13.4. The summed E-state index contributed by atoms with van der Waals surface area (Å²) < 4.78 is 54.2. The summed E-state index contributed by atoms with van der Waals surface area (Å²) in [6.45, 7) is 1.69. The molecule has 1 nitrogen and oxygen atoms in total. The first-order chi connectivity index (χ1) is 7.02. The summed E-state index contributed by atoms with van der Waals surface area (Å²) in [5.41, 5.74) is 0. The van der Waals surface area contributed by atoms with Gasteiger partial charge in [0, 0.05) is 0 Å². The summed E-state index contributed by atoms with van der Waals surface area (Å²) in [6, 6.07) is 0. The highest BCUT2D eigenvalue weighted by atomic mass is 35.5. The summed E-state index contributed by atoms with van der Waals surface area (Å²) in [5, 5.41) is -2.87. The Morgan fingerprint density at radius 2 is 1.50 bits per heavy atom. The number of unbranched alkanes of at least 4 members (excludes halogenated alkanes) is 1. The van der Waals surface area contributed by atoms with Gasteiger partial charge in [-0.1, -0.05) is 48.1 Å². The predicted molar refractivity (Wildman–Crippen MR) is 53.5 cm³/mol. The molecular formula is C8H9Cl3F4O. The largest absolute Gasteiger partial charge is 0.370 e. The molecule has 0 amide bonds. The minimum absolute atomic E-state index is 0.193. The van der Waals surface area contributed by atoms with Crippen molar-refractivity contribution in [1.29, 1.82) is 0 Å². The Morgan fingerprint density at radius 1 is 1.00 bits per heavy atom. The molecule has 16 heavy (non-hydrogen) atoms. The monoisotopic (exact) mass is 302 g/mol. The van der Waals surface area contributed by atoms with Crippen molar-refractivity contribution < 1.29 is 22.3 Å². The SMILES string of the molecule is CCCCC1(Cl)OC(Cl)(Cl)C(F)(F)C1(F)F. The van der Waals surface area contributed by atoms with Crippen LogP contribution in [0.3, 0.4) is 0 Å². The first kappa shape index (κ1) is 14.6. The van der Waals surface area contributed by atoms with E-state index < -0.39 is 27.8 Å². The highest BCUT2D eigenvalue weighted by molar-refractivity contribution is 6.48. The molecule has 1 aliphatic heterocycles. The van der Waals surface area contributed by atoms with Gasteiger partial charge in [0.2, 0.25) is 5.06 Å². The van der Waals surface area contributed by atoms with Crippen LogP contribution in [-0.4, -0.2) is 21.4 Å².